The number of likely N-dealkylation sites (N-methyl/N-ethyl adjacent to an activating group) is 1. The fraction of sp³-hybridized carbons (Fsp3) is 0.333. The molecule has 21 heavy (non-hydrogen) atoms. The molecule has 0 bridgehead atoms. The molecule has 0 radical (unpaired) electrons. The molecule has 0 aliphatic heterocycles. The number of carboxylic acids is 1. The highest BCUT2D eigenvalue weighted by molar-refractivity contribution is 7.89. The highest BCUT2D eigenvalue weighted by atomic mass is 32.2. The van der Waals surface area contributed by atoms with Crippen molar-refractivity contribution in [2.75, 3.05) is 12.3 Å². The summed E-state index contributed by atoms with van der Waals surface area (Å²) in [6, 6.07) is 2.38. The number of carboxylic acid groups (broad SMARTS) is 1. The molecule has 0 saturated heterocycles. The minimum atomic E-state index is -4.16. The van der Waals surface area contributed by atoms with E-state index >= 15 is 0 Å². The summed E-state index contributed by atoms with van der Waals surface area (Å²) < 4.78 is 26.5. The highest BCUT2D eigenvalue weighted by Crippen LogP contribution is 2.19. The standard InChI is InChI=1S/C12H17N3O5S/c1-3-14-11(16)7(2)15-21(19,20)10-5-4-8(13)6-9(10)12(17)18/h4-7,15H,3,13H2,1-2H3,(H,14,16)(H,17,18). The fourth-order valence-corrected chi connectivity index (χ4v) is 3.01. The monoisotopic (exact) mass is 315 g/mol. The molecule has 0 aliphatic carbocycles. The van der Waals surface area contributed by atoms with Gasteiger partial charge < -0.3 is 16.2 Å². The number of carbonyl (C=O) groups excluding carboxylic acids is 1. The number of benzene rings is 1. The van der Waals surface area contributed by atoms with Gasteiger partial charge in [-0.15, -0.1) is 0 Å². The predicted molar refractivity (Wildman–Crippen MR) is 76.3 cm³/mol. The molecule has 9 heteroatoms. The van der Waals surface area contributed by atoms with E-state index in [2.05, 4.69) is 10.0 Å². The Labute approximate surface area is 122 Å². The molecule has 0 fully saturated rings. The first kappa shape index (κ1) is 16.9. The van der Waals surface area contributed by atoms with E-state index in [9.17, 15) is 18.0 Å². The van der Waals surface area contributed by atoms with Gasteiger partial charge in [0.15, 0.2) is 0 Å². The van der Waals surface area contributed by atoms with Crippen molar-refractivity contribution < 1.29 is 23.1 Å². The summed E-state index contributed by atoms with van der Waals surface area (Å²) in [4.78, 5) is 22.2. The van der Waals surface area contributed by atoms with Crippen LogP contribution in [0.5, 0.6) is 0 Å². The third kappa shape index (κ3) is 4.17. The molecule has 8 nitrogen and oxygen atoms in total. The van der Waals surface area contributed by atoms with Crippen molar-refractivity contribution >= 4 is 27.6 Å². The maximum atomic E-state index is 12.2. The number of rotatable bonds is 6. The maximum Gasteiger partial charge on any atom is 0.337 e. The molecule has 0 spiro atoms. The molecule has 1 rings (SSSR count). The summed E-state index contributed by atoms with van der Waals surface area (Å²) in [5.41, 5.74) is 5.13. The first-order valence-electron chi connectivity index (χ1n) is 6.12. The number of nitrogens with two attached hydrogens (primary N) is 1. The second kappa shape index (κ2) is 6.55. The van der Waals surface area contributed by atoms with Gasteiger partial charge in [0.1, 0.15) is 0 Å². The zero-order chi connectivity index (χ0) is 16.2. The van der Waals surface area contributed by atoms with Crippen molar-refractivity contribution in [2.45, 2.75) is 24.8 Å². The topological polar surface area (TPSA) is 139 Å². The molecule has 0 heterocycles. The van der Waals surface area contributed by atoms with Crippen molar-refractivity contribution in [3.63, 3.8) is 0 Å². The lowest BCUT2D eigenvalue weighted by Gasteiger charge is -2.15. The van der Waals surface area contributed by atoms with E-state index in [0.29, 0.717) is 6.54 Å². The van der Waals surface area contributed by atoms with Crippen LogP contribution in [0.2, 0.25) is 0 Å². The molecule has 0 saturated carbocycles. The van der Waals surface area contributed by atoms with Crippen LogP contribution >= 0.6 is 0 Å². The minimum absolute atomic E-state index is 0.128. The van der Waals surface area contributed by atoms with Gasteiger partial charge in [0.05, 0.1) is 16.5 Å². The number of hydrogen-bond donors (Lipinski definition) is 4. The molecule has 1 unspecified atom stereocenters. The second-order valence-electron chi connectivity index (χ2n) is 4.30. The van der Waals surface area contributed by atoms with Crippen molar-refractivity contribution in [3.05, 3.63) is 23.8 Å². The number of nitrogens with one attached hydrogen (secondary N) is 2. The van der Waals surface area contributed by atoms with Crippen LogP contribution in [0.25, 0.3) is 0 Å². The molecule has 1 amide bonds. The van der Waals surface area contributed by atoms with Crippen LogP contribution in [-0.2, 0) is 14.8 Å². The molecule has 5 N–H and O–H groups in total. The van der Waals surface area contributed by atoms with Crippen molar-refractivity contribution in [1.82, 2.24) is 10.0 Å². The van der Waals surface area contributed by atoms with Gasteiger partial charge in [-0.3, -0.25) is 4.79 Å². The van der Waals surface area contributed by atoms with Gasteiger partial charge in [0.2, 0.25) is 15.9 Å². The van der Waals surface area contributed by atoms with Gasteiger partial charge in [-0.2, -0.15) is 4.72 Å². The number of carbonyl (C=O) groups is 2. The van der Waals surface area contributed by atoms with E-state index in [-0.39, 0.29) is 5.69 Å². The summed E-state index contributed by atoms with van der Waals surface area (Å²) in [6.45, 7) is 3.41. The summed E-state index contributed by atoms with van der Waals surface area (Å²) in [5, 5.41) is 11.5. The van der Waals surface area contributed by atoms with Crippen LogP contribution in [0.3, 0.4) is 0 Å². The lowest BCUT2D eigenvalue weighted by atomic mass is 10.2. The van der Waals surface area contributed by atoms with E-state index in [1.165, 1.54) is 13.0 Å². The first-order chi connectivity index (χ1) is 9.69. The largest absolute Gasteiger partial charge is 0.478 e. The lowest BCUT2D eigenvalue weighted by molar-refractivity contribution is -0.122. The van der Waals surface area contributed by atoms with Crippen molar-refractivity contribution in [3.8, 4) is 0 Å². The fourth-order valence-electron chi connectivity index (χ4n) is 1.63. The zero-order valence-electron chi connectivity index (χ0n) is 11.6. The molecule has 1 aromatic carbocycles. The maximum absolute atomic E-state index is 12.2. The average Bonchev–Trinajstić information content (AvgIpc) is 2.37. The molecule has 0 aliphatic rings. The van der Waals surface area contributed by atoms with Crippen LogP contribution in [0.1, 0.15) is 24.2 Å². The van der Waals surface area contributed by atoms with Crippen LogP contribution in [0.15, 0.2) is 23.1 Å². The first-order valence-corrected chi connectivity index (χ1v) is 7.60. The number of nitrogen functional groups attached to an aromatic ring is 1. The highest BCUT2D eigenvalue weighted by Gasteiger charge is 2.26. The molecule has 0 aromatic heterocycles. The van der Waals surface area contributed by atoms with E-state index in [1.807, 2.05) is 0 Å². The number of aromatic carboxylic acids is 1. The third-order valence-electron chi connectivity index (χ3n) is 2.60. The van der Waals surface area contributed by atoms with E-state index in [0.717, 1.165) is 12.1 Å². The molecule has 1 atom stereocenters. The van der Waals surface area contributed by atoms with Gasteiger partial charge in [0.25, 0.3) is 0 Å². The van der Waals surface area contributed by atoms with Crippen molar-refractivity contribution in [2.24, 2.45) is 0 Å². The van der Waals surface area contributed by atoms with E-state index in [4.69, 9.17) is 10.8 Å². The summed E-state index contributed by atoms with van der Waals surface area (Å²) >= 11 is 0. The number of anilines is 1. The molecule has 1 aromatic rings. The van der Waals surface area contributed by atoms with Crippen LogP contribution in [0.4, 0.5) is 5.69 Å². The Bertz CT molecular complexity index is 657. The van der Waals surface area contributed by atoms with Gasteiger partial charge in [-0.05, 0) is 32.0 Å². The summed E-state index contributed by atoms with van der Waals surface area (Å²) in [7, 11) is -4.16. The quantitative estimate of drug-likeness (QED) is 0.535. The van der Waals surface area contributed by atoms with Crippen LogP contribution in [0, 0.1) is 0 Å². The smallest absolute Gasteiger partial charge is 0.337 e. The molecular weight excluding hydrogens is 298 g/mol. The average molecular weight is 315 g/mol. The predicted octanol–water partition coefficient (Wildman–Crippen LogP) is -0.230. The third-order valence-corrected chi connectivity index (χ3v) is 4.20. The zero-order valence-corrected chi connectivity index (χ0v) is 12.4. The van der Waals surface area contributed by atoms with Crippen LogP contribution in [-0.4, -0.2) is 38.0 Å². The Kier molecular flexibility index (Phi) is 5.28. The van der Waals surface area contributed by atoms with Crippen LogP contribution < -0.4 is 15.8 Å². The number of sulfonamides is 1. The SMILES string of the molecule is CCNC(=O)C(C)NS(=O)(=O)c1ccc(N)cc1C(=O)O. The summed E-state index contributed by atoms with van der Waals surface area (Å²) in [5.74, 6) is -1.93. The Morgan fingerprint density at radius 1 is 1.38 bits per heavy atom. The van der Waals surface area contributed by atoms with Gasteiger partial charge in [-0.25, -0.2) is 13.2 Å². The van der Waals surface area contributed by atoms with E-state index in [1.54, 1.807) is 6.92 Å². The Morgan fingerprint density at radius 3 is 2.52 bits per heavy atom. The normalized spacial score (nSPS) is 12.7. The second-order valence-corrected chi connectivity index (χ2v) is 5.98. The van der Waals surface area contributed by atoms with E-state index < -0.39 is 38.4 Å². The van der Waals surface area contributed by atoms with Gasteiger partial charge >= 0.3 is 5.97 Å². The molecular formula is C12H17N3O5S. The lowest BCUT2D eigenvalue weighted by Crippen LogP contribution is -2.44. The number of hydrogen-bond acceptors (Lipinski definition) is 5. The Morgan fingerprint density at radius 2 is 2.00 bits per heavy atom. The minimum Gasteiger partial charge on any atom is -0.478 e. The molecule has 116 valence electrons. The summed E-state index contributed by atoms with van der Waals surface area (Å²) in [6.07, 6.45) is 0. The Balaban J connectivity index is 3.14. The van der Waals surface area contributed by atoms with Gasteiger partial charge in [-0.1, -0.05) is 0 Å². The van der Waals surface area contributed by atoms with Crippen molar-refractivity contribution in [1.29, 1.82) is 0 Å². The Hall–Kier alpha value is -2.13. The number of amides is 1. The van der Waals surface area contributed by atoms with Gasteiger partial charge in [0, 0.05) is 12.2 Å².